The Hall–Kier alpha value is -2.46. The Morgan fingerprint density at radius 1 is 0.900 bits per heavy atom. The minimum Gasteiger partial charge on any atom is -0.424 e. The van der Waals surface area contributed by atoms with Gasteiger partial charge in [-0.05, 0) is 49.1 Å². The number of hydrogen-bond acceptors (Lipinski definition) is 4. The first-order valence-corrected chi connectivity index (χ1v) is 11.5. The van der Waals surface area contributed by atoms with E-state index in [1.165, 1.54) is 43.4 Å². The molecule has 0 radical (unpaired) electrons. The minimum atomic E-state index is -0.431. The van der Waals surface area contributed by atoms with E-state index in [2.05, 4.69) is 82.7 Å². The van der Waals surface area contributed by atoms with Crippen molar-refractivity contribution in [2.45, 2.75) is 56.9 Å². The van der Waals surface area contributed by atoms with Crippen molar-refractivity contribution < 1.29 is 4.42 Å². The van der Waals surface area contributed by atoms with Crippen molar-refractivity contribution in [3.05, 3.63) is 83.6 Å². The lowest BCUT2D eigenvalue weighted by Gasteiger charge is -2.46. The van der Waals surface area contributed by atoms with Crippen LogP contribution in [0.3, 0.4) is 0 Å². The Morgan fingerprint density at radius 2 is 1.53 bits per heavy atom. The maximum absolute atomic E-state index is 6.27. The second kappa shape index (κ2) is 8.35. The molecule has 0 unspecified atom stereocenters. The van der Waals surface area contributed by atoms with E-state index in [1.54, 1.807) is 0 Å². The molecule has 3 aromatic rings. The van der Waals surface area contributed by atoms with Crippen LogP contribution in [0.4, 0.5) is 0 Å². The molecule has 1 saturated carbocycles. The zero-order chi connectivity index (χ0) is 20.4. The number of aromatic nitrogens is 2. The van der Waals surface area contributed by atoms with Gasteiger partial charge in [0.05, 0.1) is 5.41 Å². The molecule has 4 nitrogen and oxygen atoms in total. The predicted molar refractivity (Wildman–Crippen MR) is 118 cm³/mol. The molecule has 0 amide bonds. The molecule has 1 aliphatic carbocycles. The van der Waals surface area contributed by atoms with Gasteiger partial charge in [0.2, 0.25) is 11.8 Å². The van der Waals surface area contributed by atoms with Crippen LogP contribution < -0.4 is 0 Å². The van der Waals surface area contributed by atoms with E-state index in [0.717, 1.165) is 37.2 Å². The van der Waals surface area contributed by atoms with Gasteiger partial charge in [0, 0.05) is 25.6 Å². The van der Waals surface area contributed by atoms with E-state index in [0.29, 0.717) is 5.89 Å². The summed E-state index contributed by atoms with van der Waals surface area (Å²) in [7, 11) is 0. The van der Waals surface area contributed by atoms with E-state index in [1.807, 2.05) is 0 Å². The zero-order valence-corrected chi connectivity index (χ0v) is 17.8. The molecular formula is C26H31N3O. The highest BCUT2D eigenvalue weighted by molar-refractivity contribution is 5.45. The van der Waals surface area contributed by atoms with Crippen molar-refractivity contribution in [2.24, 2.45) is 5.92 Å². The fourth-order valence-corrected chi connectivity index (χ4v) is 5.58. The van der Waals surface area contributed by atoms with Crippen LogP contribution >= 0.6 is 0 Å². The Labute approximate surface area is 179 Å². The van der Waals surface area contributed by atoms with Gasteiger partial charge in [0.25, 0.3) is 0 Å². The van der Waals surface area contributed by atoms with E-state index in [9.17, 15) is 0 Å². The zero-order valence-electron chi connectivity index (χ0n) is 17.8. The summed E-state index contributed by atoms with van der Waals surface area (Å²) in [6.07, 6.45) is 7.22. The number of fused-ring (bicyclic) bond motifs is 3. The molecule has 1 aromatic heterocycles. The van der Waals surface area contributed by atoms with Crippen molar-refractivity contribution in [3.8, 4) is 0 Å². The largest absolute Gasteiger partial charge is 0.424 e. The summed E-state index contributed by atoms with van der Waals surface area (Å²) in [6.45, 7) is 4.36. The van der Waals surface area contributed by atoms with E-state index < -0.39 is 5.41 Å². The molecule has 3 aliphatic rings. The van der Waals surface area contributed by atoms with Gasteiger partial charge in [-0.25, -0.2) is 0 Å². The molecule has 30 heavy (non-hydrogen) atoms. The number of nitrogens with zero attached hydrogens (tertiary/aromatic N) is 3. The van der Waals surface area contributed by atoms with Crippen LogP contribution in [-0.2, 0) is 11.8 Å². The molecule has 3 fully saturated rings. The lowest BCUT2D eigenvalue weighted by atomic mass is 9.71. The summed E-state index contributed by atoms with van der Waals surface area (Å²) in [5, 5.41) is 8.94. The van der Waals surface area contributed by atoms with Gasteiger partial charge in [-0.15, -0.1) is 10.2 Å². The molecule has 3 heterocycles. The van der Waals surface area contributed by atoms with Crippen LogP contribution in [0.25, 0.3) is 0 Å². The molecule has 0 atom stereocenters. The van der Waals surface area contributed by atoms with Gasteiger partial charge in [-0.3, -0.25) is 0 Å². The van der Waals surface area contributed by atoms with Crippen LogP contribution in [-0.4, -0.2) is 34.2 Å². The highest BCUT2D eigenvalue weighted by atomic mass is 16.4. The third-order valence-corrected chi connectivity index (χ3v) is 7.27. The predicted octanol–water partition coefficient (Wildman–Crippen LogP) is 5.23. The van der Waals surface area contributed by atoms with E-state index in [-0.39, 0.29) is 0 Å². The molecule has 2 aliphatic heterocycles. The quantitative estimate of drug-likeness (QED) is 0.544. The van der Waals surface area contributed by atoms with Crippen LogP contribution in [0, 0.1) is 5.92 Å². The molecule has 156 valence electrons. The van der Waals surface area contributed by atoms with Crippen molar-refractivity contribution in [1.29, 1.82) is 0 Å². The highest BCUT2D eigenvalue weighted by Crippen LogP contribution is 2.43. The Balaban J connectivity index is 1.58. The maximum Gasteiger partial charge on any atom is 0.231 e. The summed E-state index contributed by atoms with van der Waals surface area (Å²) < 4.78 is 6.27. The van der Waals surface area contributed by atoms with Crippen molar-refractivity contribution >= 4 is 0 Å². The fourth-order valence-electron chi connectivity index (χ4n) is 5.58. The molecule has 2 aromatic carbocycles. The van der Waals surface area contributed by atoms with Crippen LogP contribution in [0.5, 0.6) is 0 Å². The first-order chi connectivity index (χ1) is 14.8. The summed E-state index contributed by atoms with van der Waals surface area (Å²) in [4.78, 5) is 2.73. The topological polar surface area (TPSA) is 42.2 Å². The Kier molecular flexibility index (Phi) is 5.43. The average molecular weight is 402 g/mol. The normalized spacial score (nSPS) is 21.8. The first kappa shape index (κ1) is 19.5. The number of hydrogen-bond donors (Lipinski definition) is 0. The summed E-state index contributed by atoms with van der Waals surface area (Å²) in [5.74, 6) is 2.31. The Morgan fingerprint density at radius 3 is 2.03 bits per heavy atom. The van der Waals surface area contributed by atoms with Gasteiger partial charge in [0.1, 0.15) is 0 Å². The van der Waals surface area contributed by atoms with Gasteiger partial charge >= 0.3 is 0 Å². The van der Waals surface area contributed by atoms with Crippen molar-refractivity contribution in [3.63, 3.8) is 0 Å². The molecular weight excluding hydrogens is 370 g/mol. The minimum absolute atomic E-state index is 0.431. The van der Waals surface area contributed by atoms with E-state index in [4.69, 9.17) is 4.42 Å². The second-order valence-electron chi connectivity index (χ2n) is 8.91. The van der Waals surface area contributed by atoms with Gasteiger partial charge < -0.3 is 9.32 Å². The molecule has 6 rings (SSSR count). The van der Waals surface area contributed by atoms with Gasteiger partial charge in [-0.2, -0.15) is 0 Å². The van der Waals surface area contributed by atoms with Gasteiger partial charge in [-0.1, -0.05) is 67.6 Å². The molecule has 4 heteroatoms. The van der Waals surface area contributed by atoms with Crippen molar-refractivity contribution in [1.82, 2.24) is 15.1 Å². The molecule has 2 saturated heterocycles. The summed E-state index contributed by atoms with van der Waals surface area (Å²) in [6, 6.07) is 22.2. The number of piperidine rings is 2. The second-order valence-corrected chi connectivity index (χ2v) is 8.91. The van der Waals surface area contributed by atoms with Crippen LogP contribution in [0.1, 0.15) is 61.9 Å². The van der Waals surface area contributed by atoms with Gasteiger partial charge in [0.15, 0.2) is 0 Å². The smallest absolute Gasteiger partial charge is 0.231 e. The van der Waals surface area contributed by atoms with Crippen LogP contribution in [0.15, 0.2) is 65.1 Å². The third-order valence-electron chi connectivity index (χ3n) is 7.27. The number of aryl methyl sites for hydroxylation is 1. The summed E-state index contributed by atoms with van der Waals surface area (Å²) >= 11 is 0. The third kappa shape index (κ3) is 3.47. The SMILES string of the molecule is CCc1nnc(C(CCN2CC3CCC2CC3)(c2ccccc2)c2ccccc2)o1. The maximum atomic E-state index is 6.27. The molecule has 0 spiro atoms. The van der Waals surface area contributed by atoms with Crippen LogP contribution in [0.2, 0.25) is 0 Å². The first-order valence-electron chi connectivity index (χ1n) is 11.5. The van der Waals surface area contributed by atoms with E-state index >= 15 is 0 Å². The summed E-state index contributed by atoms with van der Waals surface area (Å²) in [5.41, 5.74) is 2.02. The standard InChI is InChI=1S/C26H31N3O/c1-2-24-27-28-25(30-24)26(21-9-5-3-6-10-21,22-11-7-4-8-12-22)17-18-29-19-20-13-15-23(29)16-14-20/h3-12,20,23H,2,13-19H2,1H3. The Bertz CT molecular complexity index is 905. The highest BCUT2D eigenvalue weighted by Gasteiger charge is 2.43. The number of benzene rings is 2. The lowest BCUT2D eigenvalue weighted by Crippen LogP contribution is -2.49. The fraction of sp³-hybridized carbons (Fsp3) is 0.462. The number of rotatable bonds is 7. The lowest BCUT2D eigenvalue weighted by molar-refractivity contribution is 0.0445. The molecule has 2 bridgehead atoms. The average Bonchev–Trinajstić information content (AvgIpc) is 3.31. The molecule has 0 N–H and O–H groups in total. The van der Waals surface area contributed by atoms with Crippen molar-refractivity contribution in [2.75, 3.05) is 13.1 Å². The monoisotopic (exact) mass is 401 g/mol.